The van der Waals surface area contributed by atoms with Crippen LogP contribution in [0.25, 0.3) is 16.8 Å². The Morgan fingerprint density at radius 1 is 1.18 bits per heavy atom. The molecule has 0 saturated carbocycles. The second kappa shape index (κ2) is 11.8. The smallest absolute Gasteiger partial charge is 0.265 e. The van der Waals surface area contributed by atoms with E-state index in [-0.39, 0.29) is 12.2 Å². The van der Waals surface area contributed by atoms with Crippen LogP contribution < -0.4 is 4.74 Å². The topological polar surface area (TPSA) is 88.9 Å². The van der Waals surface area contributed by atoms with E-state index in [0.29, 0.717) is 23.7 Å². The molecule has 0 bridgehead atoms. The SMILES string of the molecule is C=C(C)/N=C\CCC/C(=C(\C)COc1ccc(-c2cn[nH]c2)nn1)c1ccc(C(F)F)cn1. The molecule has 3 rings (SSSR count). The summed E-state index contributed by atoms with van der Waals surface area (Å²) in [5.74, 6) is 0.385. The summed E-state index contributed by atoms with van der Waals surface area (Å²) in [5, 5.41) is 14.9. The molecule has 3 heterocycles. The van der Waals surface area contributed by atoms with E-state index in [1.165, 1.54) is 12.3 Å². The van der Waals surface area contributed by atoms with Gasteiger partial charge in [-0.15, -0.1) is 10.2 Å². The van der Waals surface area contributed by atoms with Crippen LogP contribution in [-0.4, -0.2) is 38.2 Å². The Hall–Kier alpha value is -3.75. The number of ether oxygens (including phenoxy) is 1. The first kappa shape index (κ1) is 23.9. The average Bonchev–Trinajstić information content (AvgIpc) is 3.35. The van der Waals surface area contributed by atoms with Crippen molar-refractivity contribution in [2.75, 3.05) is 6.61 Å². The van der Waals surface area contributed by atoms with E-state index in [1.807, 2.05) is 20.1 Å². The van der Waals surface area contributed by atoms with Gasteiger partial charge in [-0.2, -0.15) is 5.10 Å². The van der Waals surface area contributed by atoms with Gasteiger partial charge < -0.3 is 4.74 Å². The summed E-state index contributed by atoms with van der Waals surface area (Å²) in [7, 11) is 0. The quantitative estimate of drug-likeness (QED) is 0.292. The van der Waals surface area contributed by atoms with Gasteiger partial charge in [0.25, 0.3) is 6.43 Å². The fourth-order valence-corrected chi connectivity index (χ4v) is 3.07. The number of rotatable bonds is 11. The molecular formula is C24H26F2N6O. The molecule has 0 amide bonds. The maximum atomic E-state index is 12.9. The largest absolute Gasteiger partial charge is 0.472 e. The van der Waals surface area contributed by atoms with Crippen molar-refractivity contribution in [3.63, 3.8) is 0 Å². The lowest BCUT2D eigenvalue weighted by molar-refractivity contribution is 0.151. The number of nitrogens with one attached hydrogen (secondary N) is 1. The van der Waals surface area contributed by atoms with Crippen LogP contribution in [0.2, 0.25) is 0 Å². The van der Waals surface area contributed by atoms with Crippen molar-refractivity contribution < 1.29 is 13.5 Å². The number of allylic oxidation sites excluding steroid dienone is 2. The second-order valence-corrected chi connectivity index (χ2v) is 7.51. The van der Waals surface area contributed by atoms with E-state index in [4.69, 9.17) is 4.74 Å². The van der Waals surface area contributed by atoms with Crippen molar-refractivity contribution in [2.45, 2.75) is 39.5 Å². The number of nitrogens with zero attached hydrogens (tertiary/aromatic N) is 5. The maximum absolute atomic E-state index is 12.9. The third kappa shape index (κ3) is 7.13. The Labute approximate surface area is 191 Å². The molecule has 9 heteroatoms. The number of aromatic amines is 1. The minimum Gasteiger partial charge on any atom is -0.472 e. The maximum Gasteiger partial charge on any atom is 0.265 e. The number of hydrogen-bond donors (Lipinski definition) is 1. The first-order valence-corrected chi connectivity index (χ1v) is 10.5. The molecule has 7 nitrogen and oxygen atoms in total. The highest BCUT2D eigenvalue weighted by Gasteiger charge is 2.12. The van der Waals surface area contributed by atoms with Crippen molar-refractivity contribution in [3.05, 3.63) is 72.0 Å². The third-order valence-corrected chi connectivity index (χ3v) is 4.80. The molecule has 3 aromatic heterocycles. The van der Waals surface area contributed by atoms with E-state index in [1.54, 1.807) is 30.6 Å². The lowest BCUT2D eigenvalue weighted by Gasteiger charge is -2.13. The van der Waals surface area contributed by atoms with Crippen LogP contribution in [-0.2, 0) is 0 Å². The fourth-order valence-electron chi connectivity index (χ4n) is 3.07. The summed E-state index contributed by atoms with van der Waals surface area (Å²) in [6.45, 7) is 7.79. The standard InChI is InChI=1S/C24H26F2N6O/c1-16(2)27-11-5-4-6-20(22-8-7-18(12-28-22)24(25)26)17(3)15-33-23-10-9-21(31-32-23)19-13-29-30-14-19/h7-14,24H,1,4-6,15H2,2-3H3,(H,29,30)/b20-17-,27-11-. The van der Waals surface area contributed by atoms with E-state index < -0.39 is 6.43 Å². The predicted molar refractivity (Wildman–Crippen MR) is 124 cm³/mol. The summed E-state index contributed by atoms with van der Waals surface area (Å²) < 4.78 is 31.7. The zero-order valence-corrected chi connectivity index (χ0v) is 18.6. The normalized spacial score (nSPS) is 12.3. The average molecular weight is 453 g/mol. The van der Waals surface area contributed by atoms with Gasteiger partial charge in [0.15, 0.2) is 0 Å². The van der Waals surface area contributed by atoms with Crippen LogP contribution in [0.3, 0.4) is 0 Å². The van der Waals surface area contributed by atoms with Gasteiger partial charge >= 0.3 is 0 Å². The molecule has 0 spiro atoms. The molecule has 0 aliphatic carbocycles. The Morgan fingerprint density at radius 3 is 2.64 bits per heavy atom. The van der Waals surface area contributed by atoms with E-state index in [0.717, 1.165) is 35.2 Å². The number of aliphatic imine (C=N–C) groups is 1. The minimum atomic E-state index is -2.55. The number of H-pyrrole nitrogens is 1. The van der Waals surface area contributed by atoms with Gasteiger partial charge in [0.2, 0.25) is 5.88 Å². The molecule has 0 unspecified atom stereocenters. The number of hydrogen-bond acceptors (Lipinski definition) is 6. The number of unbranched alkanes of at least 4 members (excludes halogenated alkanes) is 1. The molecule has 3 aromatic rings. The van der Waals surface area contributed by atoms with Crippen LogP contribution in [0.4, 0.5) is 8.78 Å². The van der Waals surface area contributed by atoms with Crippen LogP contribution >= 0.6 is 0 Å². The zero-order chi connectivity index (χ0) is 23.6. The highest BCUT2D eigenvalue weighted by Crippen LogP contribution is 2.26. The summed E-state index contributed by atoms with van der Waals surface area (Å²) in [6.07, 6.45) is 6.18. The van der Waals surface area contributed by atoms with Gasteiger partial charge in [-0.1, -0.05) is 6.58 Å². The Morgan fingerprint density at radius 2 is 2.03 bits per heavy atom. The Balaban J connectivity index is 1.72. The lowest BCUT2D eigenvalue weighted by atomic mass is 9.99. The molecule has 0 radical (unpaired) electrons. The van der Waals surface area contributed by atoms with Gasteiger partial charge in [-0.05, 0) is 62.5 Å². The summed E-state index contributed by atoms with van der Waals surface area (Å²) >= 11 is 0. The molecule has 0 aliphatic rings. The Bertz CT molecular complexity index is 1090. The predicted octanol–water partition coefficient (Wildman–Crippen LogP) is 5.83. The molecule has 0 atom stereocenters. The van der Waals surface area contributed by atoms with Gasteiger partial charge in [0.1, 0.15) is 6.61 Å². The summed E-state index contributed by atoms with van der Waals surface area (Å²) in [6, 6.07) is 6.58. The number of pyridine rings is 1. The van der Waals surface area contributed by atoms with E-state index >= 15 is 0 Å². The molecule has 172 valence electrons. The highest BCUT2D eigenvalue weighted by atomic mass is 19.3. The molecule has 0 saturated heterocycles. The second-order valence-electron chi connectivity index (χ2n) is 7.51. The molecule has 0 aromatic carbocycles. The van der Waals surface area contributed by atoms with Crippen LogP contribution in [0.5, 0.6) is 5.88 Å². The third-order valence-electron chi connectivity index (χ3n) is 4.80. The van der Waals surface area contributed by atoms with Crippen LogP contribution in [0, 0.1) is 0 Å². The molecule has 0 fully saturated rings. The van der Waals surface area contributed by atoms with E-state index in [2.05, 4.69) is 37.0 Å². The molecule has 0 aliphatic heterocycles. The van der Waals surface area contributed by atoms with Crippen molar-refractivity contribution >= 4 is 11.8 Å². The minimum absolute atomic E-state index is 0.103. The molecule has 1 N–H and O–H groups in total. The van der Waals surface area contributed by atoms with Crippen molar-refractivity contribution in [2.24, 2.45) is 4.99 Å². The van der Waals surface area contributed by atoms with Gasteiger partial charge in [-0.3, -0.25) is 15.1 Å². The van der Waals surface area contributed by atoms with Gasteiger partial charge in [0.05, 0.1) is 17.6 Å². The first-order chi connectivity index (χ1) is 15.9. The number of alkyl halides is 2. The Kier molecular flexibility index (Phi) is 8.51. The summed E-state index contributed by atoms with van der Waals surface area (Å²) in [5.41, 5.74) is 4.70. The van der Waals surface area contributed by atoms with Gasteiger partial charge in [-0.25, -0.2) is 8.78 Å². The van der Waals surface area contributed by atoms with Crippen molar-refractivity contribution in [1.82, 2.24) is 25.4 Å². The fraction of sp³-hybridized carbons (Fsp3) is 0.292. The van der Waals surface area contributed by atoms with Gasteiger partial charge in [0, 0.05) is 41.5 Å². The lowest BCUT2D eigenvalue weighted by Crippen LogP contribution is -2.05. The highest BCUT2D eigenvalue weighted by molar-refractivity contribution is 5.67. The number of halogens is 2. The zero-order valence-electron chi connectivity index (χ0n) is 18.6. The summed E-state index contributed by atoms with van der Waals surface area (Å²) in [4.78, 5) is 8.46. The van der Waals surface area contributed by atoms with Crippen molar-refractivity contribution in [3.8, 4) is 17.1 Å². The van der Waals surface area contributed by atoms with Crippen LogP contribution in [0.15, 0.2) is 65.7 Å². The van der Waals surface area contributed by atoms with Crippen molar-refractivity contribution in [1.29, 1.82) is 0 Å². The first-order valence-electron chi connectivity index (χ1n) is 10.5. The molecule has 33 heavy (non-hydrogen) atoms. The monoisotopic (exact) mass is 452 g/mol. The van der Waals surface area contributed by atoms with Crippen LogP contribution in [0.1, 0.15) is 50.8 Å². The molecular weight excluding hydrogens is 426 g/mol. The van der Waals surface area contributed by atoms with E-state index in [9.17, 15) is 8.78 Å². The number of aromatic nitrogens is 5.